The van der Waals surface area contributed by atoms with E-state index in [1.807, 2.05) is 11.8 Å². The first kappa shape index (κ1) is 22.2. The Morgan fingerprint density at radius 3 is 2.59 bits per heavy atom. The predicted octanol–water partition coefficient (Wildman–Crippen LogP) is 4.99. The van der Waals surface area contributed by atoms with Crippen LogP contribution in [0.15, 0.2) is 36.4 Å². The molecule has 0 saturated carbocycles. The first-order valence-electron chi connectivity index (χ1n) is 11.4. The fourth-order valence-corrected chi connectivity index (χ4v) is 4.73. The van der Waals surface area contributed by atoms with E-state index in [4.69, 9.17) is 15.1 Å². The van der Waals surface area contributed by atoms with Crippen LogP contribution in [0, 0.1) is 20.8 Å². The highest BCUT2D eigenvalue weighted by molar-refractivity contribution is 5.92. The number of carboxylic acids is 1. The van der Waals surface area contributed by atoms with E-state index in [9.17, 15) is 4.79 Å². The lowest BCUT2D eigenvalue weighted by Crippen LogP contribution is -2.36. The zero-order chi connectivity index (χ0) is 22.8. The summed E-state index contributed by atoms with van der Waals surface area (Å²) in [6, 6.07) is 13.2. The van der Waals surface area contributed by atoms with Gasteiger partial charge in [-0.1, -0.05) is 35.9 Å². The maximum Gasteiger partial charge on any atom is 0.317 e. The van der Waals surface area contributed by atoms with E-state index >= 15 is 0 Å². The van der Waals surface area contributed by atoms with Crippen molar-refractivity contribution in [2.24, 2.45) is 0 Å². The number of rotatable bonds is 6. The van der Waals surface area contributed by atoms with Crippen LogP contribution in [0.1, 0.15) is 59.8 Å². The molecule has 32 heavy (non-hydrogen) atoms. The maximum absolute atomic E-state index is 11.0. The highest BCUT2D eigenvalue weighted by Crippen LogP contribution is 2.34. The van der Waals surface area contributed by atoms with Crippen LogP contribution < -0.4 is 5.32 Å². The molecule has 0 bridgehead atoms. The summed E-state index contributed by atoms with van der Waals surface area (Å²) in [5.74, 6) is 1.30. The lowest BCUT2D eigenvalue weighted by Gasteiger charge is -2.31. The van der Waals surface area contributed by atoms with Crippen LogP contribution in [0.4, 0.5) is 5.82 Å². The molecule has 1 aliphatic heterocycles. The zero-order valence-electron chi connectivity index (χ0n) is 19.4. The summed E-state index contributed by atoms with van der Waals surface area (Å²) in [6.07, 6.45) is 1.93. The Balaban J connectivity index is 1.64. The van der Waals surface area contributed by atoms with Gasteiger partial charge in [0, 0.05) is 11.4 Å². The monoisotopic (exact) mass is 432 g/mol. The standard InChI is InChI=1S/C26H32N4O2/c1-16-6-5-7-21(12-16)18(3)27-26-23-14-22(13-17(2)25(23)28-19(4)29-26)20-8-10-30(11-9-20)15-24(31)32/h5-7,12-14,18,20H,8-11,15H2,1-4H3,(H,31,32)(H,27,28,29)/t18-/m0/s1. The van der Waals surface area contributed by atoms with Gasteiger partial charge in [0.05, 0.1) is 12.1 Å². The molecule has 4 rings (SSSR count). The fourth-order valence-electron chi connectivity index (χ4n) is 4.73. The number of aryl methyl sites for hydroxylation is 3. The lowest BCUT2D eigenvalue weighted by molar-refractivity contribution is -0.138. The summed E-state index contributed by atoms with van der Waals surface area (Å²) in [4.78, 5) is 22.5. The van der Waals surface area contributed by atoms with Gasteiger partial charge >= 0.3 is 5.97 Å². The number of fused-ring (bicyclic) bond motifs is 1. The second-order valence-electron chi connectivity index (χ2n) is 9.08. The number of carboxylic acid groups (broad SMARTS) is 1. The number of likely N-dealkylation sites (tertiary alicyclic amines) is 1. The Bertz CT molecular complexity index is 1140. The highest BCUT2D eigenvalue weighted by Gasteiger charge is 2.23. The van der Waals surface area contributed by atoms with Crippen LogP contribution in [0.5, 0.6) is 0 Å². The third-order valence-corrected chi connectivity index (χ3v) is 6.44. The molecule has 2 N–H and O–H groups in total. The van der Waals surface area contributed by atoms with Crippen LogP contribution in [-0.2, 0) is 4.79 Å². The quantitative estimate of drug-likeness (QED) is 0.571. The Hall–Kier alpha value is -2.99. The molecule has 1 atom stereocenters. The second-order valence-corrected chi connectivity index (χ2v) is 9.08. The molecule has 6 nitrogen and oxygen atoms in total. The minimum Gasteiger partial charge on any atom is -0.480 e. The lowest BCUT2D eigenvalue weighted by atomic mass is 9.87. The third kappa shape index (κ3) is 4.91. The van der Waals surface area contributed by atoms with Crippen molar-refractivity contribution in [3.05, 3.63) is 64.5 Å². The molecule has 6 heteroatoms. The minimum absolute atomic E-state index is 0.121. The average molecular weight is 433 g/mol. The van der Waals surface area contributed by atoms with Crippen molar-refractivity contribution in [3.63, 3.8) is 0 Å². The number of benzene rings is 2. The zero-order valence-corrected chi connectivity index (χ0v) is 19.4. The third-order valence-electron chi connectivity index (χ3n) is 6.44. The van der Waals surface area contributed by atoms with Crippen molar-refractivity contribution in [1.82, 2.24) is 14.9 Å². The van der Waals surface area contributed by atoms with Crippen LogP contribution in [0.3, 0.4) is 0 Å². The number of hydrogen-bond acceptors (Lipinski definition) is 5. The van der Waals surface area contributed by atoms with Crippen molar-refractivity contribution in [1.29, 1.82) is 0 Å². The van der Waals surface area contributed by atoms with E-state index in [0.717, 1.165) is 54.0 Å². The molecule has 0 radical (unpaired) electrons. The highest BCUT2D eigenvalue weighted by atomic mass is 16.4. The van der Waals surface area contributed by atoms with Gasteiger partial charge in [-0.05, 0) is 82.3 Å². The fraction of sp³-hybridized carbons (Fsp3) is 0.423. The number of nitrogens with one attached hydrogen (secondary N) is 1. The molecule has 0 amide bonds. The smallest absolute Gasteiger partial charge is 0.317 e. The summed E-state index contributed by atoms with van der Waals surface area (Å²) in [7, 11) is 0. The van der Waals surface area contributed by atoms with Crippen molar-refractivity contribution in [2.75, 3.05) is 25.0 Å². The molecule has 1 aliphatic rings. The normalized spacial score (nSPS) is 16.2. The number of hydrogen-bond donors (Lipinski definition) is 2. The van der Waals surface area contributed by atoms with Gasteiger partial charge in [0.2, 0.25) is 0 Å². The maximum atomic E-state index is 11.0. The van der Waals surface area contributed by atoms with Crippen LogP contribution >= 0.6 is 0 Å². The summed E-state index contributed by atoms with van der Waals surface area (Å²) in [5.41, 5.74) is 5.91. The van der Waals surface area contributed by atoms with E-state index in [1.54, 1.807) is 0 Å². The van der Waals surface area contributed by atoms with Gasteiger partial charge in [0.1, 0.15) is 11.6 Å². The summed E-state index contributed by atoms with van der Waals surface area (Å²) in [6.45, 7) is 10.1. The Labute approximate surface area is 189 Å². The number of anilines is 1. The second kappa shape index (κ2) is 9.25. The molecule has 168 valence electrons. The SMILES string of the molecule is Cc1cccc([C@H](C)Nc2nc(C)nc3c(C)cc(C4CCN(CC(=O)O)CC4)cc23)c1. The first-order valence-corrected chi connectivity index (χ1v) is 11.4. The van der Waals surface area contributed by atoms with Gasteiger partial charge in [-0.15, -0.1) is 0 Å². The van der Waals surface area contributed by atoms with Gasteiger partial charge in [0.15, 0.2) is 0 Å². The Kier molecular flexibility index (Phi) is 6.42. The molecular formula is C26H32N4O2. The first-order chi connectivity index (χ1) is 15.3. The molecule has 3 aromatic rings. The minimum atomic E-state index is -0.754. The number of carbonyl (C=O) groups is 1. The molecule has 0 unspecified atom stereocenters. The van der Waals surface area contributed by atoms with E-state index in [1.165, 1.54) is 16.7 Å². The van der Waals surface area contributed by atoms with Gasteiger partial charge in [-0.25, -0.2) is 9.97 Å². The van der Waals surface area contributed by atoms with E-state index < -0.39 is 5.97 Å². The van der Waals surface area contributed by atoms with Crippen LogP contribution in [0.25, 0.3) is 10.9 Å². The molecule has 1 aromatic heterocycles. The van der Waals surface area contributed by atoms with Gasteiger partial charge in [-0.3, -0.25) is 9.69 Å². The summed E-state index contributed by atoms with van der Waals surface area (Å²) < 4.78 is 0. The van der Waals surface area contributed by atoms with Crippen LogP contribution in [0.2, 0.25) is 0 Å². The van der Waals surface area contributed by atoms with E-state index in [0.29, 0.717) is 5.92 Å². The molecule has 1 fully saturated rings. The number of nitrogens with zero attached hydrogens (tertiary/aromatic N) is 3. The number of piperidine rings is 1. The molecule has 0 spiro atoms. The van der Waals surface area contributed by atoms with Gasteiger partial charge in [0.25, 0.3) is 0 Å². The van der Waals surface area contributed by atoms with Crippen molar-refractivity contribution in [2.45, 2.75) is 52.5 Å². The van der Waals surface area contributed by atoms with Crippen molar-refractivity contribution >= 4 is 22.7 Å². The average Bonchev–Trinajstić information content (AvgIpc) is 2.74. The Morgan fingerprint density at radius 2 is 1.91 bits per heavy atom. The van der Waals surface area contributed by atoms with Crippen molar-refractivity contribution < 1.29 is 9.90 Å². The summed E-state index contributed by atoms with van der Waals surface area (Å²) in [5, 5.41) is 13.7. The molecule has 2 heterocycles. The molecular weight excluding hydrogens is 400 g/mol. The number of aliphatic carboxylic acids is 1. The van der Waals surface area contributed by atoms with Crippen LogP contribution in [-0.4, -0.2) is 45.6 Å². The largest absolute Gasteiger partial charge is 0.480 e. The topological polar surface area (TPSA) is 78.4 Å². The van der Waals surface area contributed by atoms with E-state index in [-0.39, 0.29) is 12.6 Å². The Morgan fingerprint density at radius 1 is 1.16 bits per heavy atom. The van der Waals surface area contributed by atoms with Gasteiger partial charge in [-0.2, -0.15) is 0 Å². The van der Waals surface area contributed by atoms with Crippen molar-refractivity contribution in [3.8, 4) is 0 Å². The number of aromatic nitrogens is 2. The van der Waals surface area contributed by atoms with E-state index in [2.05, 4.69) is 62.5 Å². The predicted molar refractivity (Wildman–Crippen MR) is 128 cm³/mol. The summed E-state index contributed by atoms with van der Waals surface area (Å²) >= 11 is 0. The molecule has 0 aliphatic carbocycles. The molecule has 2 aromatic carbocycles. The molecule has 1 saturated heterocycles. The van der Waals surface area contributed by atoms with Gasteiger partial charge < -0.3 is 10.4 Å².